The fourth-order valence-corrected chi connectivity index (χ4v) is 4.28. The Morgan fingerprint density at radius 2 is 1.85 bits per heavy atom. The number of rotatable bonds is 8. The zero-order valence-electron chi connectivity index (χ0n) is 21.4. The maximum absolute atomic E-state index is 13.5. The number of nitrogens with zero attached hydrogens (tertiary/aromatic N) is 2. The van der Waals surface area contributed by atoms with Crippen molar-refractivity contribution in [2.45, 2.75) is 26.3 Å². The van der Waals surface area contributed by atoms with Crippen molar-refractivity contribution < 1.29 is 14.3 Å². The molecule has 1 aromatic heterocycles. The predicted molar refractivity (Wildman–Crippen MR) is 150 cm³/mol. The molecule has 0 unspecified atom stereocenters. The van der Waals surface area contributed by atoms with Gasteiger partial charge in [0.15, 0.2) is 0 Å². The molecule has 5 rings (SSSR count). The van der Waals surface area contributed by atoms with Gasteiger partial charge in [-0.2, -0.15) is 0 Å². The summed E-state index contributed by atoms with van der Waals surface area (Å²) in [4.78, 5) is 30.8. The van der Waals surface area contributed by atoms with Crippen LogP contribution in [0.15, 0.2) is 83.3 Å². The second kappa shape index (κ2) is 12.1. The van der Waals surface area contributed by atoms with Gasteiger partial charge in [-0.3, -0.25) is 19.6 Å². The quantitative estimate of drug-likeness (QED) is 0.329. The van der Waals surface area contributed by atoms with Crippen LogP contribution >= 0.6 is 11.6 Å². The molecule has 39 heavy (non-hydrogen) atoms. The molecule has 0 spiro atoms. The Bertz CT molecular complexity index is 1440. The number of allylic oxidation sites excluding steroid dienone is 3. The third kappa shape index (κ3) is 6.78. The molecule has 2 aliphatic rings. The summed E-state index contributed by atoms with van der Waals surface area (Å²) in [7, 11) is 0. The number of hydrogen-bond acceptors (Lipinski definition) is 8. The molecule has 3 aromatic rings. The summed E-state index contributed by atoms with van der Waals surface area (Å²) in [5, 5.41) is 6.59. The van der Waals surface area contributed by atoms with E-state index < -0.39 is 0 Å². The summed E-state index contributed by atoms with van der Waals surface area (Å²) in [6.45, 7) is 3.23. The predicted octanol–water partition coefficient (Wildman–Crippen LogP) is 4.29. The minimum atomic E-state index is -0.367. The molecule has 202 valence electrons. The highest BCUT2D eigenvalue weighted by Crippen LogP contribution is 2.22. The lowest BCUT2D eigenvalue weighted by molar-refractivity contribution is -0.122. The van der Waals surface area contributed by atoms with Crippen LogP contribution in [0.25, 0.3) is 0 Å². The Morgan fingerprint density at radius 1 is 1.10 bits per heavy atom. The van der Waals surface area contributed by atoms with Crippen molar-refractivity contribution >= 4 is 34.8 Å². The molecule has 0 radical (unpaired) electrons. The molecule has 0 saturated carbocycles. The Kier molecular flexibility index (Phi) is 8.14. The van der Waals surface area contributed by atoms with Crippen LogP contribution < -0.4 is 31.8 Å². The average molecular weight is 549 g/mol. The first-order chi connectivity index (χ1) is 18.9. The van der Waals surface area contributed by atoms with E-state index in [0.717, 1.165) is 11.3 Å². The van der Waals surface area contributed by atoms with Crippen molar-refractivity contribution in [3.8, 4) is 5.75 Å². The first-order valence-electron chi connectivity index (χ1n) is 12.6. The topological polar surface area (TPSA) is 119 Å². The lowest BCUT2D eigenvalue weighted by Gasteiger charge is -2.21. The number of halogens is 1. The summed E-state index contributed by atoms with van der Waals surface area (Å²) < 4.78 is 12.7. The van der Waals surface area contributed by atoms with E-state index in [1.54, 1.807) is 24.3 Å². The molecule has 1 amide bonds. The van der Waals surface area contributed by atoms with Gasteiger partial charge in [0.1, 0.15) is 11.4 Å². The van der Waals surface area contributed by atoms with Gasteiger partial charge in [-0.15, -0.1) is 0 Å². The van der Waals surface area contributed by atoms with Crippen LogP contribution in [0.5, 0.6) is 5.75 Å². The molecule has 0 atom stereocenters. The van der Waals surface area contributed by atoms with Crippen LogP contribution in [0.4, 0.5) is 17.3 Å². The van der Waals surface area contributed by atoms with Crippen molar-refractivity contribution in [2.24, 2.45) is 5.92 Å². The van der Waals surface area contributed by atoms with E-state index in [1.165, 1.54) is 10.8 Å². The zero-order valence-corrected chi connectivity index (χ0v) is 22.1. The zero-order chi connectivity index (χ0) is 27.2. The monoisotopic (exact) mass is 548 g/mol. The van der Waals surface area contributed by atoms with Crippen molar-refractivity contribution in [1.29, 1.82) is 0 Å². The van der Waals surface area contributed by atoms with Gasteiger partial charge in [-0.25, -0.2) is 4.98 Å². The number of carbonyl (C=O) groups is 1. The first-order valence-corrected chi connectivity index (χ1v) is 13.0. The summed E-state index contributed by atoms with van der Waals surface area (Å²) in [6.07, 6.45) is 6.37. The van der Waals surface area contributed by atoms with Gasteiger partial charge in [0.05, 0.1) is 12.7 Å². The van der Waals surface area contributed by atoms with Crippen LogP contribution in [-0.4, -0.2) is 28.7 Å². The summed E-state index contributed by atoms with van der Waals surface area (Å²) in [6, 6.07) is 14.5. The van der Waals surface area contributed by atoms with Gasteiger partial charge in [-0.1, -0.05) is 23.7 Å². The maximum Gasteiger partial charge on any atom is 0.279 e. The van der Waals surface area contributed by atoms with E-state index in [9.17, 15) is 9.59 Å². The van der Waals surface area contributed by atoms with Gasteiger partial charge < -0.3 is 25.5 Å². The van der Waals surface area contributed by atoms with E-state index in [-0.39, 0.29) is 29.6 Å². The number of ether oxygens (including phenoxy) is 2. The molecule has 1 saturated heterocycles. The molecule has 2 aromatic carbocycles. The number of nitrogens with one attached hydrogen (secondary N) is 4. The van der Waals surface area contributed by atoms with Crippen molar-refractivity contribution in [1.82, 2.24) is 20.4 Å². The largest absolute Gasteiger partial charge is 0.440 e. The summed E-state index contributed by atoms with van der Waals surface area (Å²) in [5.41, 5.74) is 8.26. The first kappa shape index (κ1) is 26.3. The van der Waals surface area contributed by atoms with Crippen LogP contribution in [0.2, 0.25) is 5.02 Å². The Hall–Kier alpha value is -4.28. The number of hydrazine groups is 1. The third-order valence-electron chi connectivity index (χ3n) is 6.36. The number of carbonyl (C=O) groups excluding carboxylic acids is 1. The minimum Gasteiger partial charge on any atom is -0.440 e. The normalized spacial score (nSPS) is 15.3. The Balaban J connectivity index is 1.37. The number of aromatic nitrogens is 2. The smallest absolute Gasteiger partial charge is 0.279 e. The fourth-order valence-electron chi connectivity index (χ4n) is 4.16. The fraction of sp³-hybridized carbons (Fsp3) is 0.250. The molecule has 2 aliphatic heterocycles. The van der Waals surface area contributed by atoms with Crippen LogP contribution in [0.1, 0.15) is 25.3 Å². The molecule has 11 heteroatoms. The molecular formula is C28H29ClN6O4. The van der Waals surface area contributed by atoms with Crippen molar-refractivity contribution in [3.63, 3.8) is 0 Å². The third-order valence-corrected chi connectivity index (χ3v) is 6.61. The van der Waals surface area contributed by atoms with Gasteiger partial charge in [0, 0.05) is 41.6 Å². The lowest BCUT2D eigenvalue weighted by Crippen LogP contribution is -2.33. The van der Waals surface area contributed by atoms with Gasteiger partial charge in [-0.05, 0) is 67.8 Å². The molecule has 10 nitrogen and oxygen atoms in total. The highest BCUT2D eigenvalue weighted by atomic mass is 35.5. The van der Waals surface area contributed by atoms with Crippen molar-refractivity contribution in [2.75, 3.05) is 23.8 Å². The van der Waals surface area contributed by atoms with Crippen LogP contribution in [0, 0.1) is 5.92 Å². The van der Waals surface area contributed by atoms with Crippen LogP contribution in [-0.2, 0) is 16.1 Å². The SMILES string of the molecule is CC1=CC=C(Oc2ccc(Nc3ncc(NC(=O)C4CCOCC4)c(=O)n3Cc3ccc(Cl)cc3)cc2)NN1. The standard InChI is InChI=1S/C28H29ClN6O4/c1-18-2-11-25(34-33-18)39-23-9-7-22(8-10-23)31-28-30-16-24(32-26(36)20-12-14-38-15-13-20)27(37)35(28)17-19-3-5-21(29)6-4-19/h2-11,16,20,33-34H,12-15,17H2,1H3,(H,30,31)(H,32,36). The minimum absolute atomic E-state index is 0.126. The number of amides is 1. The highest BCUT2D eigenvalue weighted by molar-refractivity contribution is 6.30. The van der Waals surface area contributed by atoms with Crippen molar-refractivity contribution in [3.05, 3.63) is 99.4 Å². The van der Waals surface area contributed by atoms with Gasteiger partial charge in [0.25, 0.3) is 5.56 Å². The molecule has 0 aliphatic carbocycles. The molecular weight excluding hydrogens is 520 g/mol. The second-order valence-corrected chi connectivity index (χ2v) is 9.71. The number of hydrogen-bond donors (Lipinski definition) is 4. The second-order valence-electron chi connectivity index (χ2n) is 9.27. The van der Waals surface area contributed by atoms with E-state index >= 15 is 0 Å². The Labute approximate surface area is 230 Å². The molecule has 4 N–H and O–H groups in total. The summed E-state index contributed by atoms with van der Waals surface area (Å²) in [5.74, 6) is 1.13. The maximum atomic E-state index is 13.5. The van der Waals surface area contributed by atoms with E-state index in [1.807, 2.05) is 43.3 Å². The number of anilines is 3. The highest BCUT2D eigenvalue weighted by Gasteiger charge is 2.23. The molecule has 3 heterocycles. The van der Waals surface area contributed by atoms with Gasteiger partial charge >= 0.3 is 0 Å². The molecule has 0 bridgehead atoms. The lowest BCUT2D eigenvalue weighted by atomic mass is 9.99. The summed E-state index contributed by atoms with van der Waals surface area (Å²) >= 11 is 6.05. The van der Waals surface area contributed by atoms with E-state index in [2.05, 4.69) is 26.5 Å². The molecule has 1 fully saturated rings. The average Bonchev–Trinajstić information content (AvgIpc) is 2.96. The Morgan fingerprint density at radius 3 is 2.54 bits per heavy atom. The van der Waals surface area contributed by atoms with Gasteiger partial charge in [0.2, 0.25) is 17.7 Å². The van der Waals surface area contributed by atoms with E-state index in [4.69, 9.17) is 21.1 Å². The van der Waals surface area contributed by atoms with Crippen LogP contribution in [0.3, 0.4) is 0 Å². The number of benzene rings is 2. The van der Waals surface area contributed by atoms with E-state index in [0.29, 0.717) is 54.3 Å².